The Morgan fingerprint density at radius 2 is 1.60 bits per heavy atom. The van der Waals surface area contributed by atoms with Gasteiger partial charge in [0.15, 0.2) is 6.10 Å². The first-order chi connectivity index (χ1) is 9.79. The van der Waals surface area contributed by atoms with E-state index in [0.29, 0.717) is 0 Å². The summed E-state index contributed by atoms with van der Waals surface area (Å²) in [5, 5.41) is 0. The van der Waals surface area contributed by atoms with E-state index in [1.54, 1.807) is 0 Å². The molecule has 0 heterocycles. The molecule has 0 radical (unpaired) electrons. The van der Waals surface area contributed by atoms with Crippen LogP contribution in [-0.2, 0) is 9.53 Å². The van der Waals surface area contributed by atoms with Gasteiger partial charge in [-0.2, -0.15) is 0 Å². The van der Waals surface area contributed by atoms with Crippen LogP contribution in [0.1, 0.15) is 17.2 Å². The van der Waals surface area contributed by atoms with Crippen LogP contribution >= 0.6 is 0 Å². The van der Waals surface area contributed by atoms with Crippen LogP contribution in [0.3, 0.4) is 0 Å². The highest BCUT2D eigenvalue weighted by molar-refractivity contribution is 5.89. The Morgan fingerprint density at radius 1 is 1.00 bits per heavy atom. The van der Waals surface area contributed by atoms with E-state index in [1.807, 2.05) is 60.7 Å². The molecule has 0 aliphatic carbocycles. The van der Waals surface area contributed by atoms with Gasteiger partial charge in [0.05, 0.1) is 0 Å². The lowest BCUT2D eigenvalue weighted by Crippen LogP contribution is -2.07. The molecule has 2 aromatic rings. The smallest absolute Gasteiger partial charge is 0.386 e. The lowest BCUT2D eigenvalue weighted by Gasteiger charge is -2.09. The Hall–Kier alpha value is -2.97. The number of rotatable bonds is 2. The van der Waals surface area contributed by atoms with E-state index >= 15 is 0 Å². The van der Waals surface area contributed by atoms with Gasteiger partial charge in [0, 0.05) is 17.0 Å². The van der Waals surface area contributed by atoms with Crippen LogP contribution in [0.2, 0.25) is 0 Å². The first kappa shape index (κ1) is 13.5. The molecule has 20 heavy (non-hydrogen) atoms. The van der Waals surface area contributed by atoms with Crippen molar-refractivity contribution in [1.82, 2.24) is 0 Å². The summed E-state index contributed by atoms with van der Waals surface area (Å²) in [6, 6.07) is 18.4. The van der Waals surface area contributed by atoms with Crippen LogP contribution in [0, 0.1) is 24.2 Å². The summed E-state index contributed by atoms with van der Waals surface area (Å²) in [6.07, 6.45) is 4.67. The summed E-state index contributed by atoms with van der Waals surface area (Å²) in [6.45, 7) is 0. The number of benzene rings is 2. The van der Waals surface area contributed by atoms with E-state index in [2.05, 4.69) is 17.8 Å². The normalized spacial score (nSPS) is 10.6. The first-order valence-electron chi connectivity index (χ1n) is 6.08. The Labute approximate surface area is 118 Å². The molecule has 0 aliphatic rings. The Bertz CT molecular complexity index is 670. The maximum atomic E-state index is 11.7. The van der Waals surface area contributed by atoms with Gasteiger partial charge in [-0.1, -0.05) is 60.4 Å². The second-order valence-corrected chi connectivity index (χ2v) is 3.98. The third-order valence-electron chi connectivity index (χ3n) is 2.56. The van der Waals surface area contributed by atoms with Crippen molar-refractivity contribution in [2.45, 2.75) is 6.10 Å². The third-order valence-corrected chi connectivity index (χ3v) is 2.56. The maximum Gasteiger partial charge on any atom is 0.386 e. The fraction of sp³-hybridized carbons (Fsp3) is 0.0556. The number of carbonyl (C=O) groups excluding carboxylic acids is 1. The van der Waals surface area contributed by atoms with E-state index in [4.69, 9.17) is 11.2 Å². The Balaban J connectivity index is 2.05. The van der Waals surface area contributed by atoms with Crippen molar-refractivity contribution in [2.24, 2.45) is 0 Å². The predicted molar refractivity (Wildman–Crippen MR) is 77.4 cm³/mol. The fourth-order valence-corrected chi connectivity index (χ4v) is 1.61. The summed E-state index contributed by atoms with van der Waals surface area (Å²) < 4.78 is 5.16. The second kappa shape index (κ2) is 6.83. The van der Waals surface area contributed by atoms with Crippen molar-refractivity contribution in [1.29, 1.82) is 0 Å². The molecule has 0 aliphatic heterocycles. The van der Waals surface area contributed by atoms with E-state index in [1.165, 1.54) is 0 Å². The predicted octanol–water partition coefficient (Wildman–Crippen LogP) is 2.96. The van der Waals surface area contributed by atoms with E-state index in [9.17, 15) is 4.79 Å². The molecule has 0 saturated heterocycles. The first-order valence-corrected chi connectivity index (χ1v) is 6.08. The number of ether oxygens (including phenoxy) is 1. The molecule has 1 unspecified atom stereocenters. The second-order valence-electron chi connectivity index (χ2n) is 3.98. The monoisotopic (exact) mass is 260 g/mol. The number of hydrogen-bond acceptors (Lipinski definition) is 2. The fourth-order valence-electron chi connectivity index (χ4n) is 1.61. The minimum Gasteiger partial charge on any atom is -0.435 e. The minimum absolute atomic E-state index is 0.638. The van der Waals surface area contributed by atoms with Crippen molar-refractivity contribution in [2.75, 3.05) is 0 Å². The van der Waals surface area contributed by atoms with E-state index in [-0.39, 0.29) is 0 Å². The molecule has 2 heteroatoms. The Kier molecular flexibility index (Phi) is 4.60. The molecule has 0 saturated carbocycles. The molecule has 0 spiro atoms. The van der Waals surface area contributed by atoms with Crippen molar-refractivity contribution in [3.8, 4) is 24.2 Å². The number of hydrogen-bond donors (Lipinski definition) is 0. The number of carbonyl (C=O) groups is 1. The quantitative estimate of drug-likeness (QED) is 0.613. The average molecular weight is 260 g/mol. The summed E-state index contributed by atoms with van der Waals surface area (Å²) in [5.74, 6) is 6.96. The lowest BCUT2D eigenvalue weighted by molar-refractivity contribution is -0.139. The van der Waals surface area contributed by atoms with Crippen LogP contribution < -0.4 is 0 Å². The topological polar surface area (TPSA) is 26.3 Å². The molecule has 0 bridgehead atoms. The van der Waals surface area contributed by atoms with Crippen LogP contribution in [0.25, 0.3) is 0 Å². The zero-order valence-corrected chi connectivity index (χ0v) is 10.7. The highest BCUT2D eigenvalue weighted by Gasteiger charge is 2.11. The van der Waals surface area contributed by atoms with Gasteiger partial charge in [0.2, 0.25) is 0 Å². The van der Waals surface area contributed by atoms with E-state index in [0.717, 1.165) is 11.1 Å². The minimum atomic E-state index is -0.714. The van der Waals surface area contributed by atoms with Crippen molar-refractivity contribution in [3.63, 3.8) is 0 Å². The van der Waals surface area contributed by atoms with Crippen LogP contribution in [0.15, 0.2) is 60.7 Å². The maximum absolute atomic E-state index is 11.7. The van der Waals surface area contributed by atoms with Gasteiger partial charge >= 0.3 is 5.97 Å². The van der Waals surface area contributed by atoms with Crippen molar-refractivity contribution < 1.29 is 9.53 Å². The molecule has 1 atom stereocenters. The standard InChI is InChI=1S/C18H12O2/c1-2-17(16-11-7-4-8-12-16)20-18(19)14-13-15-9-5-3-6-10-15/h1,3-12,17H. The van der Waals surface area contributed by atoms with Gasteiger partial charge in [-0.05, 0) is 12.1 Å². The van der Waals surface area contributed by atoms with Gasteiger partial charge < -0.3 is 4.74 Å². The molecule has 2 rings (SSSR count). The number of terminal acetylenes is 1. The molecule has 0 aromatic heterocycles. The zero-order valence-electron chi connectivity index (χ0n) is 10.7. The molecule has 96 valence electrons. The zero-order chi connectivity index (χ0) is 14.2. The molecular weight excluding hydrogens is 248 g/mol. The summed E-state index contributed by atoms with van der Waals surface area (Å²) in [5.41, 5.74) is 1.51. The van der Waals surface area contributed by atoms with Crippen molar-refractivity contribution in [3.05, 3.63) is 71.8 Å². The van der Waals surface area contributed by atoms with Gasteiger partial charge in [0.25, 0.3) is 0 Å². The third kappa shape index (κ3) is 3.77. The van der Waals surface area contributed by atoms with Gasteiger partial charge in [-0.3, -0.25) is 0 Å². The van der Waals surface area contributed by atoms with Gasteiger partial charge in [0.1, 0.15) is 0 Å². The van der Waals surface area contributed by atoms with Gasteiger partial charge in [-0.15, -0.1) is 6.42 Å². The highest BCUT2D eigenvalue weighted by Crippen LogP contribution is 2.15. The Morgan fingerprint density at radius 3 is 2.20 bits per heavy atom. The molecule has 0 N–H and O–H groups in total. The molecule has 2 nitrogen and oxygen atoms in total. The summed E-state index contributed by atoms with van der Waals surface area (Å²) >= 11 is 0. The SMILES string of the molecule is C#CC(OC(=O)C#Cc1ccccc1)c1ccccc1. The molecule has 0 amide bonds. The van der Waals surface area contributed by atoms with E-state index < -0.39 is 12.1 Å². The average Bonchev–Trinajstić information content (AvgIpc) is 2.52. The number of esters is 1. The largest absolute Gasteiger partial charge is 0.435 e. The lowest BCUT2D eigenvalue weighted by atomic mass is 10.1. The van der Waals surface area contributed by atoms with Gasteiger partial charge in [-0.25, -0.2) is 4.79 Å². The van der Waals surface area contributed by atoms with Crippen LogP contribution in [0.5, 0.6) is 0 Å². The molecule has 2 aromatic carbocycles. The molecular formula is C18H12O2. The highest BCUT2D eigenvalue weighted by atomic mass is 16.5. The van der Waals surface area contributed by atoms with Crippen molar-refractivity contribution >= 4 is 5.97 Å². The van der Waals surface area contributed by atoms with Crippen LogP contribution in [-0.4, -0.2) is 5.97 Å². The molecule has 0 fully saturated rings. The summed E-state index contributed by atoms with van der Waals surface area (Å²) in [4.78, 5) is 11.7. The van der Waals surface area contributed by atoms with Crippen LogP contribution in [0.4, 0.5) is 0 Å². The summed E-state index contributed by atoms with van der Waals surface area (Å²) in [7, 11) is 0.